The predicted octanol–water partition coefficient (Wildman–Crippen LogP) is 2.01. The quantitative estimate of drug-likeness (QED) is 0.519. The van der Waals surface area contributed by atoms with Gasteiger partial charge >= 0.3 is 0 Å². The minimum Gasteiger partial charge on any atom is -0.354 e. The number of nitrogens with one attached hydrogen (secondary N) is 3. The van der Waals surface area contributed by atoms with Gasteiger partial charge in [0, 0.05) is 40.6 Å². The van der Waals surface area contributed by atoms with E-state index in [4.69, 9.17) is 0 Å². The number of hydrogen-bond acceptors (Lipinski definition) is 3. The van der Waals surface area contributed by atoms with Gasteiger partial charge in [-0.3, -0.25) is 14.0 Å². The van der Waals surface area contributed by atoms with E-state index in [-0.39, 0.29) is 23.7 Å². The van der Waals surface area contributed by atoms with E-state index in [0.29, 0.717) is 17.4 Å². The third-order valence-electron chi connectivity index (χ3n) is 4.37. The van der Waals surface area contributed by atoms with Crippen LogP contribution >= 0.6 is 0 Å². The van der Waals surface area contributed by atoms with E-state index in [9.17, 15) is 13.4 Å². The number of carbonyl (C=O) groups is 1. The summed E-state index contributed by atoms with van der Waals surface area (Å²) >= 11 is 0. The summed E-state index contributed by atoms with van der Waals surface area (Å²) < 4.78 is 25.2. The van der Waals surface area contributed by atoms with E-state index in [1.807, 2.05) is 6.92 Å². The molecule has 1 aromatic rings. The molecule has 2 rings (SSSR count). The first-order chi connectivity index (χ1) is 12.5. The Morgan fingerprint density at radius 3 is 2.88 bits per heavy atom. The van der Waals surface area contributed by atoms with Crippen LogP contribution in [0.25, 0.3) is 0 Å². The van der Waals surface area contributed by atoms with Crippen molar-refractivity contribution in [3.05, 3.63) is 30.1 Å². The zero-order valence-corrected chi connectivity index (χ0v) is 16.1. The van der Waals surface area contributed by atoms with Crippen LogP contribution in [0.2, 0.25) is 0 Å². The Morgan fingerprint density at radius 1 is 1.38 bits per heavy atom. The number of carbonyl (C=O) groups excluding carboxylic acids is 1. The van der Waals surface area contributed by atoms with Gasteiger partial charge in [0.1, 0.15) is 5.82 Å². The van der Waals surface area contributed by atoms with E-state index in [1.54, 1.807) is 19.2 Å². The number of guanidine groups is 1. The van der Waals surface area contributed by atoms with Gasteiger partial charge in [-0.1, -0.05) is 19.4 Å². The molecular formula is C18H27FN4O2S. The molecule has 0 bridgehead atoms. The average molecular weight is 383 g/mol. The molecule has 26 heavy (non-hydrogen) atoms. The minimum absolute atomic E-state index is 0.0211. The predicted molar refractivity (Wildman–Crippen MR) is 104 cm³/mol. The summed E-state index contributed by atoms with van der Waals surface area (Å²) in [6, 6.07) is 5.95. The molecule has 144 valence electrons. The summed E-state index contributed by atoms with van der Waals surface area (Å²) in [4.78, 5) is 16.1. The number of benzene rings is 1. The highest BCUT2D eigenvalue weighted by Gasteiger charge is 2.26. The smallest absolute Gasteiger partial charge is 0.243 e. The van der Waals surface area contributed by atoms with Crippen LogP contribution in [-0.4, -0.2) is 46.7 Å². The van der Waals surface area contributed by atoms with Crippen LogP contribution in [0.4, 0.5) is 10.1 Å². The molecule has 1 saturated carbocycles. The highest BCUT2D eigenvalue weighted by molar-refractivity contribution is 7.85. The van der Waals surface area contributed by atoms with E-state index >= 15 is 0 Å². The third kappa shape index (κ3) is 6.40. The number of hydrogen-bond donors (Lipinski definition) is 3. The standard InChI is InChI=1S/C18H27FN4O2S/c1-3-26(25)16-9-5-8-15(11-16)23-18(20-2)21-12-17(24)22-14-7-4-6-13(19)10-14/h4,6-7,10,15-16H,3,5,8-9,11-12H2,1-2H3,(H,22,24)(H2,20,21,23). The number of amides is 1. The fourth-order valence-corrected chi connectivity index (χ4v) is 4.42. The van der Waals surface area contributed by atoms with E-state index in [2.05, 4.69) is 20.9 Å². The molecule has 1 aliphatic carbocycles. The van der Waals surface area contributed by atoms with Crippen molar-refractivity contribution in [1.29, 1.82) is 0 Å². The monoisotopic (exact) mass is 382 g/mol. The van der Waals surface area contributed by atoms with E-state index in [0.717, 1.165) is 25.7 Å². The normalized spacial score (nSPS) is 21.7. The number of anilines is 1. The molecule has 1 amide bonds. The van der Waals surface area contributed by atoms with Gasteiger partial charge in [-0.15, -0.1) is 0 Å². The molecule has 0 radical (unpaired) electrons. The van der Waals surface area contributed by atoms with E-state index in [1.165, 1.54) is 12.1 Å². The van der Waals surface area contributed by atoms with Crippen LogP contribution in [-0.2, 0) is 15.6 Å². The summed E-state index contributed by atoms with van der Waals surface area (Å²) in [6.45, 7) is 1.97. The molecule has 1 aromatic carbocycles. The lowest BCUT2D eigenvalue weighted by Gasteiger charge is -2.30. The van der Waals surface area contributed by atoms with Crippen molar-refractivity contribution in [2.75, 3.05) is 24.7 Å². The molecule has 0 spiro atoms. The zero-order chi connectivity index (χ0) is 18.9. The van der Waals surface area contributed by atoms with Crippen molar-refractivity contribution in [2.24, 2.45) is 4.99 Å². The molecule has 0 aliphatic heterocycles. The first-order valence-corrected chi connectivity index (χ1v) is 10.3. The first kappa shape index (κ1) is 20.4. The summed E-state index contributed by atoms with van der Waals surface area (Å²) in [5.74, 6) is 0.536. The Balaban J connectivity index is 1.80. The lowest BCUT2D eigenvalue weighted by atomic mass is 9.95. The maximum atomic E-state index is 13.1. The molecule has 0 heterocycles. The van der Waals surface area contributed by atoms with Crippen LogP contribution in [0.15, 0.2) is 29.3 Å². The highest BCUT2D eigenvalue weighted by Crippen LogP contribution is 2.22. The maximum absolute atomic E-state index is 13.1. The highest BCUT2D eigenvalue weighted by atomic mass is 32.2. The van der Waals surface area contributed by atoms with Gasteiger partial charge in [-0.05, 0) is 37.5 Å². The number of nitrogens with zero attached hydrogens (tertiary/aromatic N) is 1. The van der Waals surface area contributed by atoms with Gasteiger partial charge < -0.3 is 16.0 Å². The SMILES string of the molecule is CCS(=O)C1CCCC(NC(=NC)NCC(=O)Nc2cccc(F)c2)C1. The second-order valence-electron chi connectivity index (χ2n) is 6.28. The van der Waals surface area contributed by atoms with Crippen LogP contribution in [0.5, 0.6) is 0 Å². The summed E-state index contributed by atoms with van der Waals surface area (Å²) in [5.41, 5.74) is 0.414. The maximum Gasteiger partial charge on any atom is 0.243 e. The van der Waals surface area contributed by atoms with Crippen molar-refractivity contribution in [3.63, 3.8) is 0 Å². The molecule has 8 heteroatoms. The van der Waals surface area contributed by atoms with Crippen molar-refractivity contribution in [2.45, 2.75) is 43.9 Å². The summed E-state index contributed by atoms with van der Waals surface area (Å²) in [7, 11) is 0.862. The first-order valence-electron chi connectivity index (χ1n) is 8.91. The Morgan fingerprint density at radius 2 is 2.19 bits per heavy atom. The Labute approximate surface area is 156 Å². The average Bonchev–Trinajstić information content (AvgIpc) is 2.64. The Hall–Kier alpha value is -1.96. The second-order valence-corrected chi connectivity index (χ2v) is 8.29. The largest absolute Gasteiger partial charge is 0.354 e. The second kappa shape index (κ2) is 10.3. The van der Waals surface area contributed by atoms with Crippen LogP contribution in [0.3, 0.4) is 0 Å². The Kier molecular flexibility index (Phi) is 8.03. The van der Waals surface area contributed by atoms with Gasteiger partial charge in [0.2, 0.25) is 5.91 Å². The van der Waals surface area contributed by atoms with Gasteiger partial charge in [-0.25, -0.2) is 4.39 Å². The third-order valence-corrected chi connectivity index (χ3v) is 6.11. The van der Waals surface area contributed by atoms with Gasteiger partial charge in [0.15, 0.2) is 5.96 Å². The molecule has 3 atom stereocenters. The van der Waals surface area contributed by atoms with E-state index < -0.39 is 16.6 Å². The molecule has 1 aliphatic rings. The lowest BCUT2D eigenvalue weighted by molar-refractivity contribution is -0.115. The number of aliphatic imine (C=N–C) groups is 1. The van der Waals surface area contributed by atoms with Gasteiger partial charge in [0.25, 0.3) is 0 Å². The van der Waals surface area contributed by atoms with Crippen molar-refractivity contribution in [1.82, 2.24) is 10.6 Å². The fraction of sp³-hybridized carbons (Fsp3) is 0.556. The van der Waals surface area contributed by atoms with Crippen LogP contribution in [0.1, 0.15) is 32.6 Å². The van der Waals surface area contributed by atoms with Crippen LogP contribution in [0, 0.1) is 5.82 Å². The Bertz CT molecular complexity index is 668. The molecule has 6 nitrogen and oxygen atoms in total. The summed E-state index contributed by atoms with van der Waals surface area (Å²) in [6.07, 6.45) is 3.87. The molecule has 1 fully saturated rings. The zero-order valence-electron chi connectivity index (χ0n) is 15.3. The lowest BCUT2D eigenvalue weighted by Crippen LogP contribution is -2.48. The minimum atomic E-state index is -0.782. The summed E-state index contributed by atoms with van der Waals surface area (Å²) in [5, 5.41) is 9.13. The molecule has 3 N–H and O–H groups in total. The fourth-order valence-electron chi connectivity index (χ4n) is 3.07. The molecule has 0 aromatic heterocycles. The number of halogens is 1. The molecule has 3 unspecified atom stereocenters. The van der Waals surface area contributed by atoms with Crippen LogP contribution < -0.4 is 16.0 Å². The number of rotatable bonds is 6. The topological polar surface area (TPSA) is 82.6 Å². The van der Waals surface area contributed by atoms with Crippen molar-refractivity contribution < 1.29 is 13.4 Å². The molecule has 0 saturated heterocycles. The van der Waals surface area contributed by atoms with Gasteiger partial charge in [0.05, 0.1) is 6.54 Å². The van der Waals surface area contributed by atoms with Crippen molar-refractivity contribution in [3.8, 4) is 0 Å². The van der Waals surface area contributed by atoms with Crippen molar-refractivity contribution >= 4 is 28.4 Å². The van der Waals surface area contributed by atoms with Gasteiger partial charge in [-0.2, -0.15) is 0 Å². The molecular weight excluding hydrogens is 355 g/mol.